The maximum atomic E-state index is 5.27. The molecule has 0 spiro atoms. The van der Waals surface area contributed by atoms with Crippen LogP contribution in [0.4, 0.5) is 0 Å². The van der Waals surface area contributed by atoms with Crippen molar-refractivity contribution in [3.8, 4) is 5.75 Å². The lowest BCUT2D eigenvalue weighted by atomic mass is 10.2. The molecule has 0 radical (unpaired) electrons. The summed E-state index contributed by atoms with van der Waals surface area (Å²) in [6.45, 7) is 6.11. The fourth-order valence-electron chi connectivity index (χ4n) is 2.84. The van der Waals surface area contributed by atoms with Crippen LogP contribution in [0.1, 0.15) is 21.7 Å². The van der Waals surface area contributed by atoms with Crippen molar-refractivity contribution in [2.45, 2.75) is 26.9 Å². The van der Waals surface area contributed by atoms with Gasteiger partial charge in [-0.05, 0) is 37.6 Å². The van der Waals surface area contributed by atoms with Crippen molar-refractivity contribution in [1.82, 2.24) is 9.88 Å². The third kappa shape index (κ3) is 2.76. The number of ether oxygens (including phenoxy) is 1. The highest BCUT2D eigenvalue weighted by atomic mass is 32.1. The Hall–Kier alpha value is -1.78. The van der Waals surface area contributed by atoms with Crippen LogP contribution in [0.15, 0.2) is 30.3 Å². The van der Waals surface area contributed by atoms with Crippen molar-refractivity contribution in [1.29, 1.82) is 0 Å². The number of nitrogens with one attached hydrogen (secondary N) is 1. The van der Waals surface area contributed by atoms with Crippen LogP contribution in [0.3, 0.4) is 0 Å². The highest BCUT2D eigenvalue weighted by molar-refractivity contribution is 7.19. The lowest BCUT2D eigenvalue weighted by Crippen LogP contribution is -2.13. The number of nitrogens with zero attached hydrogens (tertiary/aromatic N) is 1. The SMILES string of the molecule is COc1cccc(CNCc2c(C)n(C)c3cc(C)sc23)c1. The molecule has 3 rings (SSSR count). The van der Waals surface area contributed by atoms with E-state index in [1.54, 1.807) is 7.11 Å². The molecule has 0 saturated carbocycles. The van der Waals surface area contributed by atoms with E-state index in [1.807, 2.05) is 23.5 Å². The number of fused-ring (bicyclic) bond motifs is 1. The standard InChI is InChI=1S/C18H22N2OS/c1-12-8-17-18(22-12)16(13(2)20(17)3)11-19-10-14-6-5-7-15(9-14)21-4/h5-9,19H,10-11H2,1-4H3. The molecule has 0 aliphatic carbocycles. The maximum Gasteiger partial charge on any atom is 0.119 e. The molecule has 116 valence electrons. The first-order valence-corrected chi connectivity index (χ1v) is 8.29. The lowest BCUT2D eigenvalue weighted by molar-refractivity contribution is 0.414. The zero-order valence-corrected chi connectivity index (χ0v) is 14.4. The van der Waals surface area contributed by atoms with Gasteiger partial charge in [-0.1, -0.05) is 12.1 Å². The smallest absolute Gasteiger partial charge is 0.119 e. The van der Waals surface area contributed by atoms with Crippen LogP contribution >= 0.6 is 11.3 Å². The molecule has 0 aliphatic rings. The van der Waals surface area contributed by atoms with E-state index in [0.29, 0.717) is 0 Å². The van der Waals surface area contributed by atoms with Gasteiger partial charge in [0, 0.05) is 36.3 Å². The van der Waals surface area contributed by atoms with E-state index >= 15 is 0 Å². The van der Waals surface area contributed by atoms with Gasteiger partial charge >= 0.3 is 0 Å². The van der Waals surface area contributed by atoms with Gasteiger partial charge in [0.15, 0.2) is 0 Å². The van der Waals surface area contributed by atoms with E-state index < -0.39 is 0 Å². The van der Waals surface area contributed by atoms with E-state index in [-0.39, 0.29) is 0 Å². The minimum atomic E-state index is 0.845. The third-order valence-electron chi connectivity index (χ3n) is 4.18. The molecule has 4 heteroatoms. The number of hydrogen-bond donors (Lipinski definition) is 1. The Morgan fingerprint density at radius 2 is 2.00 bits per heavy atom. The lowest BCUT2D eigenvalue weighted by Gasteiger charge is -2.07. The summed E-state index contributed by atoms with van der Waals surface area (Å²) in [5.41, 5.74) is 5.35. The van der Waals surface area contributed by atoms with Crippen molar-refractivity contribution in [3.05, 3.63) is 52.0 Å². The summed E-state index contributed by atoms with van der Waals surface area (Å²) in [6, 6.07) is 10.5. The first kappa shape index (κ1) is 15.1. The number of methoxy groups -OCH3 is 1. The second-order valence-corrected chi connectivity index (χ2v) is 6.91. The van der Waals surface area contributed by atoms with Crippen LogP contribution in [0.5, 0.6) is 5.75 Å². The zero-order chi connectivity index (χ0) is 15.7. The summed E-state index contributed by atoms with van der Waals surface area (Å²) in [6.07, 6.45) is 0. The maximum absolute atomic E-state index is 5.27. The largest absolute Gasteiger partial charge is 0.497 e. The van der Waals surface area contributed by atoms with Crippen LogP contribution in [0.2, 0.25) is 0 Å². The molecule has 0 bridgehead atoms. The van der Waals surface area contributed by atoms with Gasteiger partial charge in [0.2, 0.25) is 0 Å². The summed E-state index contributed by atoms with van der Waals surface area (Å²) in [4.78, 5) is 1.37. The van der Waals surface area contributed by atoms with Gasteiger partial charge in [0.25, 0.3) is 0 Å². The molecule has 0 amide bonds. The van der Waals surface area contributed by atoms with Crippen molar-refractivity contribution < 1.29 is 4.74 Å². The second-order valence-electron chi connectivity index (χ2n) is 5.65. The zero-order valence-electron chi connectivity index (χ0n) is 13.6. The van der Waals surface area contributed by atoms with Crippen LogP contribution in [-0.2, 0) is 20.1 Å². The number of hydrogen-bond acceptors (Lipinski definition) is 3. The minimum absolute atomic E-state index is 0.845. The summed E-state index contributed by atoms with van der Waals surface area (Å²) >= 11 is 1.89. The highest BCUT2D eigenvalue weighted by Gasteiger charge is 2.13. The topological polar surface area (TPSA) is 26.2 Å². The van der Waals surface area contributed by atoms with Crippen molar-refractivity contribution in [2.75, 3.05) is 7.11 Å². The van der Waals surface area contributed by atoms with Crippen molar-refractivity contribution in [3.63, 3.8) is 0 Å². The Kier molecular flexibility index (Phi) is 4.23. The first-order valence-electron chi connectivity index (χ1n) is 7.48. The fourth-order valence-corrected chi connectivity index (χ4v) is 3.97. The molecule has 2 aromatic heterocycles. The van der Waals surface area contributed by atoms with Gasteiger partial charge in [-0.15, -0.1) is 11.3 Å². The molecule has 1 N–H and O–H groups in total. The van der Waals surface area contributed by atoms with Crippen LogP contribution in [0.25, 0.3) is 10.2 Å². The fraction of sp³-hybridized carbons (Fsp3) is 0.333. The van der Waals surface area contributed by atoms with E-state index in [0.717, 1.165) is 18.8 Å². The molecule has 0 fully saturated rings. The van der Waals surface area contributed by atoms with E-state index in [1.165, 1.54) is 31.9 Å². The monoisotopic (exact) mass is 314 g/mol. The van der Waals surface area contributed by atoms with Crippen LogP contribution in [0, 0.1) is 13.8 Å². The minimum Gasteiger partial charge on any atom is -0.497 e. The molecule has 0 saturated heterocycles. The van der Waals surface area contributed by atoms with Crippen LogP contribution < -0.4 is 10.1 Å². The number of rotatable bonds is 5. The Balaban J connectivity index is 1.75. The predicted octanol–water partition coefficient (Wildman–Crippen LogP) is 4.16. The molecule has 22 heavy (non-hydrogen) atoms. The molecule has 1 aromatic carbocycles. The average molecular weight is 314 g/mol. The normalized spacial score (nSPS) is 11.3. The summed E-state index contributed by atoms with van der Waals surface area (Å²) in [7, 11) is 3.85. The number of benzene rings is 1. The van der Waals surface area contributed by atoms with Gasteiger partial charge in [-0.25, -0.2) is 0 Å². The van der Waals surface area contributed by atoms with Crippen molar-refractivity contribution >= 4 is 21.6 Å². The van der Waals surface area contributed by atoms with Gasteiger partial charge in [-0.3, -0.25) is 0 Å². The number of thiophene rings is 1. The molecule has 2 heterocycles. The molecule has 0 unspecified atom stereocenters. The predicted molar refractivity (Wildman–Crippen MR) is 93.8 cm³/mol. The second kappa shape index (κ2) is 6.15. The van der Waals surface area contributed by atoms with Crippen LogP contribution in [-0.4, -0.2) is 11.7 Å². The molecule has 3 nitrogen and oxygen atoms in total. The highest BCUT2D eigenvalue weighted by Crippen LogP contribution is 2.32. The Morgan fingerprint density at radius 1 is 1.18 bits per heavy atom. The molecular weight excluding hydrogens is 292 g/mol. The first-order chi connectivity index (χ1) is 10.6. The number of aryl methyl sites for hydroxylation is 2. The third-order valence-corrected chi connectivity index (χ3v) is 5.28. The molecule has 3 aromatic rings. The van der Waals surface area contributed by atoms with Crippen molar-refractivity contribution in [2.24, 2.45) is 7.05 Å². The van der Waals surface area contributed by atoms with Gasteiger partial charge in [0.1, 0.15) is 5.75 Å². The molecular formula is C18H22N2OS. The Morgan fingerprint density at radius 3 is 2.77 bits per heavy atom. The van der Waals surface area contributed by atoms with Gasteiger partial charge < -0.3 is 14.6 Å². The molecule has 0 atom stereocenters. The Bertz CT molecular complexity index is 801. The summed E-state index contributed by atoms with van der Waals surface area (Å²) in [5, 5.41) is 3.56. The summed E-state index contributed by atoms with van der Waals surface area (Å²) in [5.74, 6) is 0.909. The quantitative estimate of drug-likeness (QED) is 0.765. The average Bonchev–Trinajstić information content (AvgIpc) is 3.00. The number of aromatic nitrogens is 1. The Labute approximate surface area is 135 Å². The van der Waals surface area contributed by atoms with Gasteiger partial charge in [-0.2, -0.15) is 0 Å². The summed E-state index contributed by atoms with van der Waals surface area (Å²) < 4.78 is 8.98. The van der Waals surface area contributed by atoms with E-state index in [2.05, 4.69) is 49.0 Å². The van der Waals surface area contributed by atoms with Gasteiger partial charge in [0.05, 0.1) is 17.3 Å². The molecule has 0 aliphatic heterocycles. The van der Waals surface area contributed by atoms with E-state index in [9.17, 15) is 0 Å². The van der Waals surface area contributed by atoms with E-state index in [4.69, 9.17) is 4.74 Å².